The minimum absolute atomic E-state index is 0.0698. The predicted molar refractivity (Wildman–Crippen MR) is 95.9 cm³/mol. The van der Waals surface area contributed by atoms with E-state index in [0.29, 0.717) is 36.0 Å². The Balaban J connectivity index is 1.77. The lowest BCUT2D eigenvalue weighted by molar-refractivity contribution is -0.137. The van der Waals surface area contributed by atoms with Crippen molar-refractivity contribution in [2.75, 3.05) is 25.6 Å². The van der Waals surface area contributed by atoms with Crippen LogP contribution in [0.2, 0.25) is 0 Å². The first kappa shape index (κ1) is 19.1. The Morgan fingerprint density at radius 2 is 1.69 bits per heavy atom. The Bertz CT molecular complexity index is 729. The molecule has 0 saturated carbocycles. The van der Waals surface area contributed by atoms with E-state index >= 15 is 0 Å². The van der Waals surface area contributed by atoms with Crippen LogP contribution in [0.3, 0.4) is 0 Å². The second kappa shape index (κ2) is 9.93. The maximum Gasteiger partial charge on any atom is 0.303 e. The van der Waals surface area contributed by atoms with E-state index < -0.39 is 5.97 Å². The van der Waals surface area contributed by atoms with Crippen molar-refractivity contribution < 1.29 is 28.9 Å². The Kier molecular flexibility index (Phi) is 7.30. The molecule has 2 N–H and O–H groups in total. The zero-order chi connectivity index (χ0) is 18.8. The van der Waals surface area contributed by atoms with Gasteiger partial charge in [-0.2, -0.15) is 0 Å². The van der Waals surface area contributed by atoms with Gasteiger partial charge in [0.25, 0.3) is 5.91 Å². The van der Waals surface area contributed by atoms with E-state index in [9.17, 15) is 9.59 Å². The standard InChI is InChI=1S/C19H21NO6/c1-24-16-5-2-3-6-17(16)26-13-18(21)20-14-8-10-15(11-9-14)25-12-4-7-19(22)23/h2-3,5-6,8-11H,4,7,12-13H2,1H3,(H,20,21)(H,22,23). The van der Waals surface area contributed by atoms with Crippen molar-refractivity contribution in [1.82, 2.24) is 0 Å². The van der Waals surface area contributed by atoms with Gasteiger partial charge in [-0.05, 0) is 42.8 Å². The van der Waals surface area contributed by atoms with Gasteiger partial charge in [0.2, 0.25) is 0 Å². The number of anilines is 1. The molecule has 7 heteroatoms. The van der Waals surface area contributed by atoms with Crippen molar-refractivity contribution in [3.63, 3.8) is 0 Å². The highest BCUT2D eigenvalue weighted by Crippen LogP contribution is 2.25. The summed E-state index contributed by atoms with van der Waals surface area (Å²) < 4.78 is 16.1. The van der Waals surface area contributed by atoms with Crippen molar-refractivity contribution in [3.8, 4) is 17.2 Å². The van der Waals surface area contributed by atoms with Gasteiger partial charge in [0.15, 0.2) is 18.1 Å². The van der Waals surface area contributed by atoms with E-state index in [2.05, 4.69) is 5.32 Å². The molecule has 138 valence electrons. The number of ether oxygens (including phenoxy) is 3. The summed E-state index contributed by atoms with van der Waals surface area (Å²) in [4.78, 5) is 22.4. The van der Waals surface area contributed by atoms with E-state index in [4.69, 9.17) is 19.3 Å². The summed E-state index contributed by atoms with van der Waals surface area (Å²) in [7, 11) is 1.54. The number of rotatable bonds is 10. The van der Waals surface area contributed by atoms with Crippen LogP contribution in [0.5, 0.6) is 17.2 Å². The molecule has 0 aromatic heterocycles. The third-order valence-corrected chi connectivity index (χ3v) is 3.37. The van der Waals surface area contributed by atoms with Gasteiger partial charge < -0.3 is 24.6 Å². The first-order valence-electron chi connectivity index (χ1n) is 8.09. The molecular weight excluding hydrogens is 338 g/mol. The highest BCUT2D eigenvalue weighted by atomic mass is 16.5. The molecule has 0 aliphatic heterocycles. The van der Waals surface area contributed by atoms with Crippen LogP contribution < -0.4 is 19.5 Å². The number of hydrogen-bond donors (Lipinski definition) is 2. The summed E-state index contributed by atoms with van der Waals surface area (Å²) >= 11 is 0. The van der Waals surface area contributed by atoms with Crippen LogP contribution in [0.4, 0.5) is 5.69 Å². The molecule has 0 saturated heterocycles. The maximum atomic E-state index is 12.0. The highest BCUT2D eigenvalue weighted by Gasteiger charge is 2.07. The average Bonchev–Trinajstić information content (AvgIpc) is 2.65. The van der Waals surface area contributed by atoms with Gasteiger partial charge in [-0.3, -0.25) is 9.59 Å². The van der Waals surface area contributed by atoms with Crippen molar-refractivity contribution in [2.45, 2.75) is 12.8 Å². The smallest absolute Gasteiger partial charge is 0.303 e. The number of benzene rings is 2. The molecule has 0 fully saturated rings. The zero-order valence-corrected chi connectivity index (χ0v) is 14.4. The van der Waals surface area contributed by atoms with Gasteiger partial charge in [-0.25, -0.2) is 0 Å². The monoisotopic (exact) mass is 359 g/mol. The first-order valence-corrected chi connectivity index (χ1v) is 8.09. The minimum Gasteiger partial charge on any atom is -0.494 e. The number of amides is 1. The maximum absolute atomic E-state index is 12.0. The lowest BCUT2D eigenvalue weighted by Crippen LogP contribution is -2.20. The van der Waals surface area contributed by atoms with Gasteiger partial charge in [0.05, 0.1) is 13.7 Å². The van der Waals surface area contributed by atoms with E-state index in [-0.39, 0.29) is 18.9 Å². The Morgan fingerprint density at radius 3 is 2.35 bits per heavy atom. The Hall–Kier alpha value is -3.22. The second-order valence-electron chi connectivity index (χ2n) is 5.36. The summed E-state index contributed by atoms with van der Waals surface area (Å²) in [6, 6.07) is 13.9. The molecule has 2 aromatic rings. The van der Waals surface area contributed by atoms with Gasteiger partial charge in [-0.15, -0.1) is 0 Å². The van der Waals surface area contributed by atoms with Crippen LogP contribution in [0, 0.1) is 0 Å². The fraction of sp³-hybridized carbons (Fsp3) is 0.263. The number of carbonyl (C=O) groups excluding carboxylic acids is 1. The molecular formula is C19H21NO6. The quantitative estimate of drug-likeness (QED) is 0.634. The van der Waals surface area contributed by atoms with E-state index in [1.165, 1.54) is 7.11 Å². The summed E-state index contributed by atoms with van der Waals surface area (Å²) in [5.74, 6) is 0.520. The largest absolute Gasteiger partial charge is 0.494 e. The van der Waals surface area contributed by atoms with Crippen molar-refractivity contribution >= 4 is 17.6 Å². The molecule has 0 unspecified atom stereocenters. The predicted octanol–water partition coefficient (Wildman–Crippen LogP) is 2.96. The van der Waals surface area contributed by atoms with Gasteiger partial charge in [0, 0.05) is 12.1 Å². The molecule has 0 aliphatic carbocycles. The zero-order valence-electron chi connectivity index (χ0n) is 14.4. The topological polar surface area (TPSA) is 94.1 Å². The second-order valence-corrected chi connectivity index (χ2v) is 5.36. The number of aliphatic carboxylic acids is 1. The lowest BCUT2D eigenvalue weighted by atomic mass is 10.3. The Morgan fingerprint density at radius 1 is 1.00 bits per heavy atom. The fourth-order valence-electron chi connectivity index (χ4n) is 2.13. The molecule has 0 radical (unpaired) electrons. The summed E-state index contributed by atoms with van der Waals surface area (Å²) in [5, 5.41) is 11.3. The molecule has 0 heterocycles. The average molecular weight is 359 g/mol. The number of carboxylic acids is 1. The molecule has 26 heavy (non-hydrogen) atoms. The molecule has 7 nitrogen and oxygen atoms in total. The third-order valence-electron chi connectivity index (χ3n) is 3.37. The van der Waals surface area contributed by atoms with Crippen molar-refractivity contribution in [3.05, 3.63) is 48.5 Å². The van der Waals surface area contributed by atoms with Gasteiger partial charge in [0.1, 0.15) is 5.75 Å². The number of carboxylic acid groups (broad SMARTS) is 1. The molecule has 2 rings (SSSR count). The lowest BCUT2D eigenvalue weighted by Gasteiger charge is -2.11. The molecule has 2 aromatic carbocycles. The summed E-state index contributed by atoms with van der Waals surface area (Å²) in [6.07, 6.45) is 0.508. The van der Waals surface area contributed by atoms with Crippen LogP contribution in [-0.4, -0.2) is 37.3 Å². The Labute approximate surface area is 151 Å². The van der Waals surface area contributed by atoms with Crippen LogP contribution >= 0.6 is 0 Å². The fourth-order valence-corrected chi connectivity index (χ4v) is 2.13. The molecule has 1 amide bonds. The number of carbonyl (C=O) groups is 2. The van der Waals surface area contributed by atoms with Crippen LogP contribution in [0.1, 0.15) is 12.8 Å². The van der Waals surface area contributed by atoms with Crippen LogP contribution in [-0.2, 0) is 9.59 Å². The van der Waals surface area contributed by atoms with E-state index in [1.807, 2.05) is 6.07 Å². The first-order chi connectivity index (χ1) is 12.6. The molecule has 0 spiro atoms. The summed E-state index contributed by atoms with van der Waals surface area (Å²) in [6.45, 7) is 0.179. The number of nitrogens with one attached hydrogen (secondary N) is 1. The minimum atomic E-state index is -0.845. The number of methoxy groups -OCH3 is 1. The molecule has 0 aliphatic rings. The van der Waals surface area contributed by atoms with Gasteiger partial charge in [-0.1, -0.05) is 12.1 Å². The third kappa shape index (κ3) is 6.35. The summed E-state index contributed by atoms with van der Waals surface area (Å²) in [5.41, 5.74) is 0.608. The SMILES string of the molecule is COc1ccccc1OCC(=O)Nc1ccc(OCCCC(=O)O)cc1. The normalized spacial score (nSPS) is 10.0. The number of hydrogen-bond acceptors (Lipinski definition) is 5. The molecule has 0 atom stereocenters. The van der Waals surface area contributed by atoms with Crippen LogP contribution in [0.15, 0.2) is 48.5 Å². The van der Waals surface area contributed by atoms with Gasteiger partial charge >= 0.3 is 5.97 Å². The molecule has 0 bridgehead atoms. The number of para-hydroxylation sites is 2. The van der Waals surface area contributed by atoms with Crippen molar-refractivity contribution in [1.29, 1.82) is 0 Å². The van der Waals surface area contributed by atoms with E-state index in [0.717, 1.165) is 0 Å². The van der Waals surface area contributed by atoms with Crippen LogP contribution in [0.25, 0.3) is 0 Å². The van der Waals surface area contributed by atoms with Crippen molar-refractivity contribution in [2.24, 2.45) is 0 Å². The van der Waals surface area contributed by atoms with E-state index in [1.54, 1.807) is 42.5 Å². The highest BCUT2D eigenvalue weighted by molar-refractivity contribution is 5.91.